The summed E-state index contributed by atoms with van der Waals surface area (Å²) in [4.78, 5) is 20.6. The zero-order valence-corrected chi connectivity index (χ0v) is 13.5. The lowest BCUT2D eigenvalue weighted by Gasteiger charge is -2.07. The largest absolute Gasteiger partial charge is 0.352 e. The van der Waals surface area contributed by atoms with E-state index in [4.69, 9.17) is 4.98 Å². The molecule has 5 nitrogen and oxygen atoms in total. The third-order valence-electron chi connectivity index (χ3n) is 3.83. The Morgan fingerprint density at radius 3 is 2.92 bits per heavy atom. The van der Waals surface area contributed by atoms with E-state index in [0.717, 1.165) is 36.2 Å². The van der Waals surface area contributed by atoms with Crippen LogP contribution in [0.15, 0.2) is 61.4 Å². The molecule has 0 aliphatic heterocycles. The average molecular weight is 320 g/mol. The maximum Gasteiger partial charge on any atom is 0.252 e. The van der Waals surface area contributed by atoms with Crippen molar-refractivity contribution in [1.82, 2.24) is 19.9 Å². The van der Waals surface area contributed by atoms with Gasteiger partial charge in [0, 0.05) is 31.9 Å². The number of pyridine rings is 1. The van der Waals surface area contributed by atoms with Crippen LogP contribution in [0.2, 0.25) is 0 Å². The first-order chi connectivity index (χ1) is 11.8. The van der Waals surface area contributed by atoms with Crippen molar-refractivity contribution in [2.24, 2.45) is 0 Å². The summed E-state index contributed by atoms with van der Waals surface area (Å²) in [5, 5.41) is 2.92. The molecule has 0 saturated heterocycles. The summed E-state index contributed by atoms with van der Waals surface area (Å²) in [5.74, 6) is 0.925. The Morgan fingerprint density at radius 1 is 1.25 bits per heavy atom. The SMILES string of the molecule is C=CCn1c(CCCNC(=O)c2cccnc2)nc2ccccc21. The molecular weight excluding hydrogens is 300 g/mol. The van der Waals surface area contributed by atoms with Crippen LogP contribution in [-0.4, -0.2) is 27.0 Å². The first kappa shape index (κ1) is 15.9. The first-order valence-corrected chi connectivity index (χ1v) is 8.03. The van der Waals surface area contributed by atoms with E-state index in [1.54, 1.807) is 24.5 Å². The summed E-state index contributed by atoms with van der Waals surface area (Å²) in [6.07, 6.45) is 6.73. The van der Waals surface area contributed by atoms with Crippen molar-refractivity contribution in [3.63, 3.8) is 0 Å². The van der Waals surface area contributed by atoms with Crippen molar-refractivity contribution in [2.75, 3.05) is 6.54 Å². The van der Waals surface area contributed by atoms with Crippen LogP contribution in [0.1, 0.15) is 22.6 Å². The zero-order chi connectivity index (χ0) is 16.8. The number of para-hydroxylation sites is 2. The van der Waals surface area contributed by atoms with E-state index >= 15 is 0 Å². The normalized spacial score (nSPS) is 10.7. The van der Waals surface area contributed by atoms with Gasteiger partial charge in [-0.05, 0) is 30.7 Å². The van der Waals surface area contributed by atoms with Crippen LogP contribution in [0, 0.1) is 0 Å². The van der Waals surface area contributed by atoms with Gasteiger partial charge in [0.1, 0.15) is 5.82 Å². The van der Waals surface area contributed by atoms with Crippen molar-refractivity contribution in [1.29, 1.82) is 0 Å². The minimum Gasteiger partial charge on any atom is -0.352 e. The summed E-state index contributed by atoms with van der Waals surface area (Å²) >= 11 is 0. The molecule has 1 N–H and O–H groups in total. The van der Waals surface area contributed by atoms with Crippen LogP contribution >= 0.6 is 0 Å². The van der Waals surface area contributed by atoms with Crippen LogP contribution in [0.5, 0.6) is 0 Å². The molecule has 1 aromatic carbocycles. The molecule has 0 saturated carbocycles. The number of nitrogens with zero attached hydrogens (tertiary/aromatic N) is 3. The van der Waals surface area contributed by atoms with Crippen LogP contribution in [0.25, 0.3) is 11.0 Å². The van der Waals surface area contributed by atoms with Gasteiger partial charge in [-0.2, -0.15) is 0 Å². The number of allylic oxidation sites excluding steroid dienone is 1. The molecular formula is C19H20N4O. The third kappa shape index (κ3) is 3.51. The molecule has 0 radical (unpaired) electrons. The maximum atomic E-state index is 12.0. The van der Waals surface area contributed by atoms with Crippen LogP contribution in [0.3, 0.4) is 0 Å². The molecule has 0 fully saturated rings. The number of imidazole rings is 1. The molecule has 0 aliphatic carbocycles. The number of amides is 1. The van der Waals surface area contributed by atoms with Gasteiger partial charge in [0.15, 0.2) is 0 Å². The fourth-order valence-electron chi connectivity index (χ4n) is 2.70. The number of rotatable bonds is 7. The second-order valence-electron chi connectivity index (χ2n) is 5.52. The number of aryl methyl sites for hydroxylation is 1. The van der Waals surface area contributed by atoms with Crippen molar-refractivity contribution >= 4 is 16.9 Å². The van der Waals surface area contributed by atoms with E-state index < -0.39 is 0 Å². The van der Waals surface area contributed by atoms with Gasteiger partial charge in [0.05, 0.1) is 16.6 Å². The summed E-state index contributed by atoms with van der Waals surface area (Å²) < 4.78 is 2.17. The molecule has 5 heteroatoms. The summed E-state index contributed by atoms with van der Waals surface area (Å²) in [6.45, 7) is 5.16. The number of carbonyl (C=O) groups excluding carboxylic acids is 1. The minimum atomic E-state index is -0.0947. The van der Waals surface area contributed by atoms with Crippen molar-refractivity contribution < 1.29 is 4.79 Å². The Kier molecular flexibility index (Phi) is 5.01. The van der Waals surface area contributed by atoms with Gasteiger partial charge in [-0.3, -0.25) is 9.78 Å². The maximum absolute atomic E-state index is 12.0. The molecule has 0 spiro atoms. The minimum absolute atomic E-state index is 0.0947. The first-order valence-electron chi connectivity index (χ1n) is 8.03. The van der Waals surface area contributed by atoms with Gasteiger partial charge in [0.2, 0.25) is 0 Å². The van der Waals surface area contributed by atoms with Crippen molar-refractivity contribution in [3.05, 3.63) is 72.8 Å². The van der Waals surface area contributed by atoms with Crippen LogP contribution in [-0.2, 0) is 13.0 Å². The molecule has 24 heavy (non-hydrogen) atoms. The smallest absolute Gasteiger partial charge is 0.252 e. The van der Waals surface area contributed by atoms with Crippen molar-refractivity contribution in [2.45, 2.75) is 19.4 Å². The lowest BCUT2D eigenvalue weighted by atomic mass is 10.2. The molecule has 3 rings (SSSR count). The van der Waals surface area contributed by atoms with E-state index in [0.29, 0.717) is 12.1 Å². The van der Waals surface area contributed by atoms with E-state index in [1.807, 2.05) is 24.3 Å². The number of hydrogen-bond donors (Lipinski definition) is 1. The Hall–Kier alpha value is -2.95. The lowest BCUT2D eigenvalue weighted by molar-refractivity contribution is 0.0953. The van der Waals surface area contributed by atoms with Crippen LogP contribution < -0.4 is 5.32 Å². The number of aromatic nitrogens is 3. The third-order valence-corrected chi connectivity index (χ3v) is 3.83. The molecule has 122 valence electrons. The second kappa shape index (κ2) is 7.55. The predicted octanol–water partition coefficient (Wildman–Crippen LogP) is 2.98. The van der Waals surface area contributed by atoms with Gasteiger partial charge in [-0.1, -0.05) is 18.2 Å². The lowest BCUT2D eigenvalue weighted by Crippen LogP contribution is -2.25. The number of benzene rings is 1. The summed E-state index contributed by atoms with van der Waals surface area (Å²) in [6, 6.07) is 11.6. The highest BCUT2D eigenvalue weighted by atomic mass is 16.1. The van der Waals surface area contributed by atoms with Crippen molar-refractivity contribution in [3.8, 4) is 0 Å². The fourth-order valence-corrected chi connectivity index (χ4v) is 2.70. The van der Waals surface area contributed by atoms with E-state index in [1.165, 1.54) is 0 Å². The van der Waals surface area contributed by atoms with E-state index in [2.05, 4.69) is 27.5 Å². The molecule has 0 bridgehead atoms. The highest BCUT2D eigenvalue weighted by molar-refractivity contribution is 5.93. The number of hydrogen-bond acceptors (Lipinski definition) is 3. The Balaban J connectivity index is 1.60. The fraction of sp³-hybridized carbons (Fsp3) is 0.211. The Morgan fingerprint density at radius 2 is 2.12 bits per heavy atom. The van der Waals surface area contributed by atoms with Gasteiger partial charge >= 0.3 is 0 Å². The summed E-state index contributed by atoms with van der Waals surface area (Å²) in [7, 11) is 0. The Labute approximate surface area is 141 Å². The van der Waals surface area contributed by atoms with Gasteiger partial charge in [-0.15, -0.1) is 6.58 Å². The average Bonchev–Trinajstić information content (AvgIpc) is 2.97. The van der Waals surface area contributed by atoms with Gasteiger partial charge < -0.3 is 9.88 Å². The van der Waals surface area contributed by atoms with E-state index in [9.17, 15) is 4.79 Å². The van der Waals surface area contributed by atoms with Gasteiger partial charge in [0.25, 0.3) is 5.91 Å². The zero-order valence-electron chi connectivity index (χ0n) is 13.5. The topological polar surface area (TPSA) is 59.8 Å². The summed E-state index contributed by atoms with van der Waals surface area (Å²) in [5.41, 5.74) is 2.69. The highest BCUT2D eigenvalue weighted by Gasteiger charge is 2.09. The van der Waals surface area contributed by atoms with Crippen LogP contribution in [0.4, 0.5) is 0 Å². The predicted molar refractivity (Wildman–Crippen MR) is 94.8 cm³/mol. The monoisotopic (exact) mass is 320 g/mol. The molecule has 0 atom stereocenters. The molecule has 3 aromatic rings. The molecule has 0 unspecified atom stereocenters. The second-order valence-corrected chi connectivity index (χ2v) is 5.52. The van der Waals surface area contributed by atoms with E-state index in [-0.39, 0.29) is 5.91 Å². The molecule has 1 amide bonds. The highest BCUT2D eigenvalue weighted by Crippen LogP contribution is 2.17. The molecule has 2 aromatic heterocycles. The number of nitrogens with one attached hydrogen (secondary N) is 1. The molecule has 0 aliphatic rings. The van der Waals surface area contributed by atoms with Gasteiger partial charge in [-0.25, -0.2) is 4.98 Å². The number of carbonyl (C=O) groups is 1. The standard InChI is InChI=1S/C19H20N4O/c1-2-13-23-17-9-4-3-8-16(17)22-18(23)10-6-12-21-19(24)15-7-5-11-20-14-15/h2-5,7-9,11,14H,1,6,10,12-13H2,(H,21,24). The quantitative estimate of drug-likeness (QED) is 0.538. The Bertz CT molecular complexity index is 839. The molecule has 2 heterocycles. The number of fused-ring (bicyclic) bond motifs is 1.